The number of hydrogen-bond acceptors (Lipinski definition) is 4. The Morgan fingerprint density at radius 3 is 2.50 bits per heavy atom. The quantitative estimate of drug-likeness (QED) is 0.698. The Hall–Kier alpha value is -2.08. The van der Waals surface area contributed by atoms with E-state index in [0.717, 1.165) is 18.5 Å². The summed E-state index contributed by atoms with van der Waals surface area (Å²) < 4.78 is 5.21. The fraction of sp³-hybridized carbons (Fsp3) is 0.636. The molecule has 156 valence electrons. The summed E-state index contributed by atoms with van der Waals surface area (Å²) in [6.45, 7) is 11.0. The third-order valence-corrected chi connectivity index (χ3v) is 4.90. The van der Waals surface area contributed by atoms with Crippen LogP contribution in [0.2, 0.25) is 0 Å². The van der Waals surface area contributed by atoms with E-state index < -0.39 is 11.7 Å². The molecule has 0 bridgehead atoms. The van der Waals surface area contributed by atoms with Crippen LogP contribution in [0, 0.1) is 0 Å². The molecule has 0 spiro atoms. The molecule has 1 heterocycles. The Bertz CT molecular complexity index is 637. The zero-order chi connectivity index (χ0) is 20.6. The molecule has 6 nitrogen and oxygen atoms in total. The first kappa shape index (κ1) is 22.2. The van der Waals surface area contributed by atoms with Gasteiger partial charge < -0.3 is 20.3 Å². The van der Waals surface area contributed by atoms with E-state index >= 15 is 0 Å². The van der Waals surface area contributed by atoms with Gasteiger partial charge in [-0.05, 0) is 71.2 Å². The van der Waals surface area contributed by atoms with Crippen molar-refractivity contribution in [3.05, 3.63) is 35.4 Å². The van der Waals surface area contributed by atoms with E-state index in [9.17, 15) is 9.59 Å². The predicted molar refractivity (Wildman–Crippen MR) is 111 cm³/mol. The summed E-state index contributed by atoms with van der Waals surface area (Å²) in [6.07, 6.45) is 4.41. The highest BCUT2D eigenvalue weighted by Gasteiger charge is 2.17. The molecule has 1 atom stereocenters. The molecule has 0 radical (unpaired) electrons. The van der Waals surface area contributed by atoms with Gasteiger partial charge in [0.05, 0.1) is 0 Å². The number of carbonyl (C=O) groups excluding carboxylic acids is 2. The number of ether oxygens (including phenoxy) is 1. The molecule has 2 amide bonds. The molecule has 1 aliphatic rings. The highest BCUT2D eigenvalue weighted by Crippen LogP contribution is 2.16. The number of nitrogens with zero attached hydrogens (tertiary/aromatic N) is 1. The fourth-order valence-electron chi connectivity index (χ4n) is 3.34. The SMILES string of the molecule is C[C@@H]1CCCCN1CCCNC(=O)c1ccc(CNC(=O)OC(C)(C)C)cc1. The van der Waals surface area contributed by atoms with Gasteiger partial charge in [0.2, 0.25) is 0 Å². The molecule has 1 aromatic rings. The van der Waals surface area contributed by atoms with Gasteiger partial charge in [0.1, 0.15) is 5.60 Å². The maximum Gasteiger partial charge on any atom is 0.407 e. The standard InChI is InChI=1S/C22H35N3O3/c1-17-8-5-6-14-25(17)15-7-13-23-20(26)19-11-9-18(10-12-19)16-24-21(27)28-22(2,3)4/h9-12,17H,5-8,13-16H2,1-4H3,(H,23,26)(H,24,27)/t17-/m1/s1. The van der Waals surface area contributed by atoms with Crippen molar-refractivity contribution in [3.63, 3.8) is 0 Å². The summed E-state index contributed by atoms with van der Waals surface area (Å²) in [5, 5.41) is 5.71. The van der Waals surface area contributed by atoms with Crippen molar-refractivity contribution in [2.45, 2.75) is 71.6 Å². The molecule has 0 saturated carbocycles. The average molecular weight is 390 g/mol. The van der Waals surface area contributed by atoms with Gasteiger partial charge in [0, 0.05) is 31.2 Å². The lowest BCUT2D eigenvalue weighted by atomic mass is 10.0. The van der Waals surface area contributed by atoms with Crippen molar-refractivity contribution in [2.75, 3.05) is 19.6 Å². The van der Waals surface area contributed by atoms with E-state index in [-0.39, 0.29) is 5.91 Å². The molecule has 0 aromatic heterocycles. The second-order valence-corrected chi connectivity index (χ2v) is 8.54. The molecule has 1 fully saturated rings. The van der Waals surface area contributed by atoms with Gasteiger partial charge in [-0.15, -0.1) is 0 Å². The smallest absolute Gasteiger partial charge is 0.407 e. The summed E-state index contributed by atoms with van der Waals surface area (Å²) in [5.74, 6) is -0.0571. The lowest BCUT2D eigenvalue weighted by molar-refractivity contribution is 0.0523. The van der Waals surface area contributed by atoms with Crippen LogP contribution < -0.4 is 10.6 Å². The fourth-order valence-corrected chi connectivity index (χ4v) is 3.34. The molecule has 28 heavy (non-hydrogen) atoms. The number of nitrogens with one attached hydrogen (secondary N) is 2. The van der Waals surface area contributed by atoms with E-state index in [1.165, 1.54) is 25.8 Å². The molecule has 2 N–H and O–H groups in total. The van der Waals surface area contributed by atoms with E-state index in [1.54, 1.807) is 12.1 Å². The number of piperidine rings is 1. The van der Waals surface area contributed by atoms with E-state index in [4.69, 9.17) is 4.74 Å². The van der Waals surface area contributed by atoms with Crippen LogP contribution in [0.1, 0.15) is 69.3 Å². The zero-order valence-corrected chi connectivity index (χ0v) is 17.7. The number of amides is 2. The van der Waals surface area contributed by atoms with Gasteiger partial charge in [-0.3, -0.25) is 4.79 Å². The van der Waals surface area contributed by atoms with Crippen LogP contribution >= 0.6 is 0 Å². The minimum Gasteiger partial charge on any atom is -0.444 e. The first-order valence-corrected chi connectivity index (χ1v) is 10.3. The third kappa shape index (κ3) is 7.89. The first-order valence-electron chi connectivity index (χ1n) is 10.3. The van der Waals surface area contributed by atoms with E-state index in [2.05, 4.69) is 22.5 Å². The highest BCUT2D eigenvalue weighted by atomic mass is 16.6. The number of alkyl carbamates (subject to hydrolysis) is 1. The van der Waals surface area contributed by atoms with Crippen LogP contribution in [-0.2, 0) is 11.3 Å². The zero-order valence-electron chi connectivity index (χ0n) is 17.7. The summed E-state index contributed by atoms with van der Waals surface area (Å²) in [6, 6.07) is 7.93. The minimum absolute atomic E-state index is 0.0571. The summed E-state index contributed by atoms with van der Waals surface area (Å²) in [4.78, 5) is 26.5. The Balaban J connectivity index is 1.69. The second-order valence-electron chi connectivity index (χ2n) is 8.54. The van der Waals surface area contributed by atoms with Gasteiger partial charge in [0.25, 0.3) is 5.91 Å². The van der Waals surface area contributed by atoms with Crippen molar-refractivity contribution in [1.82, 2.24) is 15.5 Å². The lowest BCUT2D eigenvalue weighted by Crippen LogP contribution is -2.39. The van der Waals surface area contributed by atoms with Gasteiger partial charge in [-0.1, -0.05) is 18.6 Å². The molecule has 1 saturated heterocycles. The number of likely N-dealkylation sites (tertiary alicyclic amines) is 1. The van der Waals surface area contributed by atoms with Crippen LogP contribution in [-0.4, -0.2) is 48.2 Å². The molecule has 1 aliphatic heterocycles. The number of benzene rings is 1. The molecule has 0 unspecified atom stereocenters. The van der Waals surface area contributed by atoms with Gasteiger partial charge in [-0.25, -0.2) is 4.79 Å². The summed E-state index contributed by atoms with van der Waals surface area (Å²) in [5.41, 5.74) is 1.03. The van der Waals surface area contributed by atoms with Gasteiger partial charge in [-0.2, -0.15) is 0 Å². The topological polar surface area (TPSA) is 70.7 Å². The number of carbonyl (C=O) groups is 2. The Morgan fingerprint density at radius 1 is 1.14 bits per heavy atom. The average Bonchev–Trinajstić information content (AvgIpc) is 2.64. The molecule has 0 aliphatic carbocycles. The lowest BCUT2D eigenvalue weighted by Gasteiger charge is -2.33. The van der Waals surface area contributed by atoms with Crippen LogP contribution in [0.5, 0.6) is 0 Å². The summed E-state index contributed by atoms with van der Waals surface area (Å²) in [7, 11) is 0. The number of hydrogen-bond donors (Lipinski definition) is 2. The van der Waals surface area contributed by atoms with Gasteiger partial charge in [0.15, 0.2) is 0 Å². The maximum atomic E-state index is 12.3. The number of rotatable bonds is 7. The van der Waals surface area contributed by atoms with Crippen molar-refractivity contribution in [2.24, 2.45) is 0 Å². The monoisotopic (exact) mass is 389 g/mol. The van der Waals surface area contributed by atoms with Crippen molar-refractivity contribution in [3.8, 4) is 0 Å². The minimum atomic E-state index is -0.516. The third-order valence-electron chi connectivity index (χ3n) is 4.90. The van der Waals surface area contributed by atoms with Gasteiger partial charge >= 0.3 is 6.09 Å². The Labute approximate surface area is 169 Å². The Kier molecular flexibility index (Phi) is 8.30. The molecule has 6 heteroatoms. The highest BCUT2D eigenvalue weighted by molar-refractivity contribution is 5.94. The molecular weight excluding hydrogens is 354 g/mol. The van der Waals surface area contributed by atoms with Crippen LogP contribution in [0.25, 0.3) is 0 Å². The predicted octanol–water partition coefficient (Wildman–Crippen LogP) is 3.71. The maximum absolute atomic E-state index is 12.3. The molecular formula is C22H35N3O3. The second kappa shape index (κ2) is 10.5. The Morgan fingerprint density at radius 2 is 1.86 bits per heavy atom. The van der Waals surface area contributed by atoms with E-state index in [1.807, 2.05) is 32.9 Å². The molecule has 2 rings (SSSR count). The van der Waals surface area contributed by atoms with Crippen LogP contribution in [0.4, 0.5) is 4.79 Å². The van der Waals surface area contributed by atoms with Crippen LogP contribution in [0.15, 0.2) is 24.3 Å². The van der Waals surface area contributed by atoms with Crippen molar-refractivity contribution in [1.29, 1.82) is 0 Å². The largest absolute Gasteiger partial charge is 0.444 e. The van der Waals surface area contributed by atoms with Crippen molar-refractivity contribution < 1.29 is 14.3 Å². The van der Waals surface area contributed by atoms with Crippen LogP contribution in [0.3, 0.4) is 0 Å². The molecule has 1 aromatic carbocycles. The first-order chi connectivity index (χ1) is 13.2. The normalized spacial score (nSPS) is 17.8. The van der Waals surface area contributed by atoms with E-state index in [0.29, 0.717) is 24.7 Å². The summed E-state index contributed by atoms with van der Waals surface area (Å²) >= 11 is 0. The van der Waals surface area contributed by atoms with Crippen molar-refractivity contribution >= 4 is 12.0 Å².